The Kier molecular flexibility index (Phi) is 6.30. The molecule has 0 aliphatic heterocycles. The number of phenols is 1. The van der Waals surface area contributed by atoms with Gasteiger partial charge in [0.15, 0.2) is 0 Å². The second-order valence-electron chi connectivity index (χ2n) is 4.71. The first-order valence-electron chi connectivity index (χ1n) is 7.31. The Hall–Kier alpha value is -2.90. The van der Waals surface area contributed by atoms with Gasteiger partial charge in [0, 0.05) is 6.07 Å². The molecule has 2 amide bonds. The first kappa shape index (κ1) is 17.5. The molecule has 126 valence electrons. The van der Waals surface area contributed by atoms with Crippen molar-refractivity contribution < 1.29 is 24.4 Å². The number of nitrogens with zero attached hydrogens (tertiary/aromatic N) is 2. The summed E-state index contributed by atoms with van der Waals surface area (Å²) in [5, 5.41) is 12.0. The molecule has 7 nitrogen and oxygen atoms in total. The third-order valence-corrected chi connectivity index (χ3v) is 3.12. The van der Waals surface area contributed by atoms with Crippen LogP contribution in [0.4, 0.5) is 11.4 Å². The Morgan fingerprint density at radius 2 is 1.71 bits per heavy atom. The number of amides is 2. The van der Waals surface area contributed by atoms with Crippen LogP contribution < -0.4 is 10.1 Å². The molecule has 0 heterocycles. The molecule has 0 saturated carbocycles. The fraction of sp³-hybridized carbons (Fsp3) is 0.176. The van der Waals surface area contributed by atoms with Crippen LogP contribution in [0.2, 0.25) is 0 Å². The van der Waals surface area contributed by atoms with Crippen LogP contribution in [0.3, 0.4) is 0 Å². The molecule has 0 radical (unpaired) electrons. The van der Waals surface area contributed by atoms with E-state index in [9.17, 15) is 14.7 Å². The minimum atomic E-state index is -0.223. The maximum atomic E-state index is 11.3. The summed E-state index contributed by atoms with van der Waals surface area (Å²) >= 11 is 0. The standard InChI is InChI=1S/C17H18N2O5/c1-2-23-18(12-20)15-8-9-16(17(22)10-15)19(13-21)24-11-14-6-4-3-5-7-14/h3-10,12-13,22H,2,11H2,1H3. The topological polar surface area (TPSA) is 79.3 Å². The van der Waals surface area contributed by atoms with Crippen LogP contribution in [0.25, 0.3) is 0 Å². The minimum absolute atomic E-state index is 0.159. The fourth-order valence-corrected chi connectivity index (χ4v) is 2.02. The maximum Gasteiger partial charge on any atom is 0.238 e. The Morgan fingerprint density at radius 3 is 2.29 bits per heavy atom. The van der Waals surface area contributed by atoms with Crippen LogP contribution in [0, 0.1) is 0 Å². The van der Waals surface area contributed by atoms with Crippen LogP contribution in [-0.2, 0) is 25.9 Å². The van der Waals surface area contributed by atoms with Crippen molar-refractivity contribution >= 4 is 24.2 Å². The van der Waals surface area contributed by atoms with Crippen LogP contribution in [0.15, 0.2) is 48.5 Å². The average molecular weight is 330 g/mol. The molecule has 0 spiro atoms. The number of carbonyl (C=O) groups is 2. The first-order chi connectivity index (χ1) is 11.7. The second-order valence-corrected chi connectivity index (χ2v) is 4.71. The summed E-state index contributed by atoms with van der Waals surface area (Å²) in [7, 11) is 0. The van der Waals surface area contributed by atoms with E-state index in [1.165, 1.54) is 18.2 Å². The van der Waals surface area contributed by atoms with E-state index in [2.05, 4.69) is 0 Å². The summed E-state index contributed by atoms with van der Waals surface area (Å²) in [6, 6.07) is 13.6. The predicted octanol–water partition coefficient (Wildman–Crippen LogP) is 2.40. The third-order valence-electron chi connectivity index (χ3n) is 3.12. The van der Waals surface area contributed by atoms with Gasteiger partial charge < -0.3 is 5.11 Å². The highest BCUT2D eigenvalue weighted by atomic mass is 16.7. The van der Waals surface area contributed by atoms with Crippen molar-refractivity contribution in [2.24, 2.45) is 0 Å². The summed E-state index contributed by atoms with van der Waals surface area (Å²) in [6.07, 6.45) is 0.943. The lowest BCUT2D eigenvalue weighted by molar-refractivity contribution is -0.115. The SMILES string of the molecule is CCON(C=O)c1ccc(N(C=O)OCc2ccccc2)c(O)c1. The number of benzene rings is 2. The Balaban J connectivity index is 2.13. The van der Waals surface area contributed by atoms with Crippen LogP contribution >= 0.6 is 0 Å². The molecular formula is C17H18N2O5. The van der Waals surface area contributed by atoms with E-state index >= 15 is 0 Å². The van der Waals surface area contributed by atoms with Gasteiger partial charge in [-0.1, -0.05) is 30.3 Å². The number of carbonyl (C=O) groups excluding carboxylic acids is 2. The van der Waals surface area contributed by atoms with Crippen molar-refractivity contribution in [3.8, 4) is 5.75 Å². The van der Waals surface area contributed by atoms with Crippen LogP contribution in [-0.4, -0.2) is 24.5 Å². The third kappa shape index (κ3) is 4.31. The van der Waals surface area contributed by atoms with Crippen molar-refractivity contribution in [2.75, 3.05) is 16.7 Å². The van der Waals surface area contributed by atoms with Gasteiger partial charge in [-0.15, -0.1) is 0 Å². The Bertz CT molecular complexity index is 678. The Labute approximate surface area is 139 Å². The van der Waals surface area contributed by atoms with Crippen LogP contribution in [0.1, 0.15) is 12.5 Å². The number of hydroxylamine groups is 2. The zero-order valence-electron chi connectivity index (χ0n) is 13.2. The number of hydrogen-bond acceptors (Lipinski definition) is 5. The van der Waals surface area contributed by atoms with Gasteiger partial charge in [0.25, 0.3) is 0 Å². The molecule has 2 aromatic carbocycles. The van der Waals surface area contributed by atoms with Crippen molar-refractivity contribution in [1.82, 2.24) is 0 Å². The lowest BCUT2D eigenvalue weighted by atomic mass is 10.2. The monoisotopic (exact) mass is 330 g/mol. The molecule has 0 bridgehead atoms. The quantitative estimate of drug-likeness (QED) is 0.564. The zero-order chi connectivity index (χ0) is 17.4. The van der Waals surface area contributed by atoms with E-state index in [0.29, 0.717) is 25.1 Å². The Morgan fingerprint density at radius 1 is 1.00 bits per heavy atom. The van der Waals surface area contributed by atoms with E-state index in [4.69, 9.17) is 9.68 Å². The molecule has 1 N–H and O–H groups in total. The van der Waals surface area contributed by atoms with Gasteiger partial charge in [0.1, 0.15) is 18.0 Å². The van der Waals surface area contributed by atoms with Gasteiger partial charge in [-0.25, -0.2) is 0 Å². The number of phenolic OH excluding ortho intramolecular Hbond substituents is 1. The minimum Gasteiger partial charge on any atom is -0.506 e. The lowest BCUT2D eigenvalue weighted by Crippen LogP contribution is -2.23. The highest BCUT2D eigenvalue weighted by Gasteiger charge is 2.15. The maximum absolute atomic E-state index is 11.3. The van der Waals surface area contributed by atoms with Gasteiger partial charge in [-0.3, -0.25) is 19.3 Å². The summed E-state index contributed by atoms with van der Waals surface area (Å²) in [6.45, 7) is 2.19. The molecular weight excluding hydrogens is 312 g/mol. The molecule has 7 heteroatoms. The smallest absolute Gasteiger partial charge is 0.238 e. The molecule has 2 aromatic rings. The molecule has 0 atom stereocenters. The van der Waals surface area contributed by atoms with E-state index in [0.717, 1.165) is 15.7 Å². The van der Waals surface area contributed by atoms with E-state index in [1.807, 2.05) is 30.3 Å². The molecule has 0 unspecified atom stereocenters. The van der Waals surface area contributed by atoms with Gasteiger partial charge in [0.2, 0.25) is 12.8 Å². The summed E-state index contributed by atoms with van der Waals surface area (Å²) in [4.78, 5) is 32.7. The molecule has 0 aliphatic carbocycles. The highest BCUT2D eigenvalue weighted by Crippen LogP contribution is 2.31. The number of hydrogen-bond donors (Lipinski definition) is 1. The van der Waals surface area contributed by atoms with Gasteiger partial charge in [-0.05, 0) is 24.6 Å². The molecule has 0 saturated heterocycles. The van der Waals surface area contributed by atoms with E-state index < -0.39 is 0 Å². The normalized spacial score (nSPS) is 10.2. The fourth-order valence-electron chi connectivity index (χ4n) is 2.02. The van der Waals surface area contributed by atoms with Crippen molar-refractivity contribution in [3.05, 3.63) is 54.1 Å². The van der Waals surface area contributed by atoms with E-state index in [-0.39, 0.29) is 18.0 Å². The van der Waals surface area contributed by atoms with Crippen LogP contribution in [0.5, 0.6) is 5.75 Å². The van der Waals surface area contributed by atoms with Crippen molar-refractivity contribution in [3.63, 3.8) is 0 Å². The summed E-state index contributed by atoms with van der Waals surface area (Å²) in [5.74, 6) is -0.223. The lowest BCUT2D eigenvalue weighted by Gasteiger charge is -2.20. The van der Waals surface area contributed by atoms with Crippen molar-refractivity contribution in [2.45, 2.75) is 13.5 Å². The largest absolute Gasteiger partial charge is 0.506 e. The van der Waals surface area contributed by atoms with Gasteiger partial charge in [0.05, 0.1) is 12.3 Å². The molecule has 0 aromatic heterocycles. The first-order valence-corrected chi connectivity index (χ1v) is 7.31. The van der Waals surface area contributed by atoms with Gasteiger partial charge >= 0.3 is 0 Å². The summed E-state index contributed by atoms with van der Waals surface area (Å²) in [5.41, 5.74) is 1.37. The average Bonchev–Trinajstić information content (AvgIpc) is 2.62. The number of aromatic hydroxyl groups is 1. The van der Waals surface area contributed by atoms with E-state index in [1.54, 1.807) is 6.92 Å². The molecule has 24 heavy (non-hydrogen) atoms. The van der Waals surface area contributed by atoms with Crippen molar-refractivity contribution in [1.29, 1.82) is 0 Å². The number of anilines is 2. The molecule has 2 rings (SSSR count). The zero-order valence-corrected chi connectivity index (χ0v) is 13.2. The number of rotatable bonds is 9. The molecule has 0 aliphatic rings. The predicted molar refractivity (Wildman–Crippen MR) is 88.0 cm³/mol. The summed E-state index contributed by atoms with van der Waals surface area (Å²) < 4.78 is 0. The molecule has 0 fully saturated rings. The highest BCUT2D eigenvalue weighted by molar-refractivity contribution is 5.80. The second kappa shape index (κ2) is 8.66. The van der Waals surface area contributed by atoms with Gasteiger partial charge in [-0.2, -0.15) is 10.1 Å².